The number of hydrogen-bond acceptors (Lipinski definition) is 4. The van der Waals surface area contributed by atoms with E-state index in [9.17, 15) is 4.79 Å². The Balaban J connectivity index is 2.52. The minimum Gasteiger partial charge on any atom is -0.437 e. The summed E-state index contributed by atoms with van der Waals surface area (Å²) in [6.07, 6.45) is 3.40. The van der Waals surface area contributed by atoms with E-state index in [0.717, 1.165) is 11.5 Å². The highest BCUT2D eigenvalue weighted by Gasteiger charge is 2.13. The minimum atomic E-state index is 0.0216. The normalized spacial score (nSPS) is 10.1. The van der Waals surface area contributed by atoms with Crippen LogP contribution in [0, 0.1) is 13.8 Å². The van der Waals surface area contributed by atoms with E-state index in [-0.39, 0.29) is 5.91 Å². The summed E-state index contributed by atoms with van der Waals surface area (Å²) in [5.74, 6) is 1.12. The zero-order valence-electron chi connectivity index (χ0n) is 10.8. The molecule has 5 heteroatoms. The molecular formula is C13H18N2O2S. The van der Waals surface area contributed by atoms with Crippen LogP contribution >= 0.6 is 11.8 Å². The van der Waals surface area contributed by atoms with Gasteiger partial charge in [-0.1, -0.05) is 23.9 Å². The van der Waals surface area contributed by atoms with Crippen molar-refractivity contribution in [3.05, 3.63) is 36.8 Å². The molecule has 0 saturated heterocycles. The van der Waals surface area contributed by atoms with Gasteiger partial charge in [-0.15, -0.1) is 13.2 Å². The molecule has 0 fully saturated rings. The first-order valence-electron chi connectivity index (χ1n) is 5.64. The summed E-state index contributed by atoms with van der Waals surface area (Å²) in [4.78, 5) is 17.8. The number of carbonyl (C=O) groups excluding carboxylic acids is 1. The van der Waals surface area contributed by atoms with Crippen molar-refractivity contribution in [2.24, 2.45) is 0 Å². The van der Waals surface area contributed by atoms with E-state index in [4.69, 9.17) is 4.42 Å². The molecular weight excluding hydrogens is 248 g/mol. The van der Waals surface area contributed by atoms with Crippen molar-refractivity contribution in [1.82, 2.24) is 9.88 Å². The maximum atomic E-state index is 11.9. The van der Waals surface area contributed by atoms with Gasteiger partial charge < -0.3 is 9.32 Å². The van der Waals surface area contributed by atoms with Gasteiger partial charge in [-0.05, 0) is 13.8 Å². The Labute approximate surface area is 112 Å². The smallest absolute Gasteiger partial charge is 0.256 e. The Bertz CT molecular complexity index is 411. The first-order chi connectivity index (χ1) is 8.58. The van der Waals surface area contributed by atoms with Gasteiger partial charge in [-0.2, -0.15) is 0 Å². The molecule has 0 saturated carbocycles. The summed E-state index contributed by atoms with van der Waals surface area (Å²) in [5.41, 5.74) is 0.860. The predicted molar refractivity (Wildman–Crippen MR) is 73.7 cm³/mol. The molecule has 1 heterocycles. The maximum absolute atomic E-state index is 11.9. The number of rotatable bonds is 7. The molecule has 0 aliphatic rings. The molecule has 0 aliphatic heterocycles. The lowest BCUT2D eigenvalue weighted by Crippen LogP contribution is -2.32. The van der Waals surface area contributed by atoms with Gasteiger partial charge in [-0.25, -0.2) is 4.98 Å². The highest BCUT2D eigenvalue weighted by molar-refractivity contribution is 7.99. The second kappa shape index (κ2) is 7.06. The molecule has 0 aromatic carbocycles. The van der Waals surface area contributed by atoms with Gasteiger partial charge in [-0.3, -0.25) is 4.79 Å². The van der Waals surface area contributed by atoms with Crippen LogP contribution in [0.4, 0.5) is 0 Å². The summed E-state index contributed by atoms with van der Waals surface area (Å²) in [7, 11) is 0. The van der Waals surface area contributed by atoms with Crippen LogP contribution in [0.5, 0.6) is 0 Å². The summed E-state index contributed by atoms with van der Waals surface area (Å²) in [6.45, 7) is 12.0. The van der Waals surface area contributed by atoms with Gasteiger partial charge in [0.15, 0.2) is 0 Å². The Hall–Kier alpha value is -1.49. The zero-order valence-corrected chi connectivity index (χ0v) is 11.6. The summed E-state index contributed by atoms with van der Waals surface area (Å²) >= 11 is 1.31. The fraction of sp³-hybridized carbons (Fsp3) is 0.385. The second-order valence-electron chi connectivity index (χ2n) is 3.79. The number of thioether (sulfide) groups is 1. The van der Waals surface area contributed by atoms with E-state index in [2.05, 4.69) is 18.1 Å². The van der Waals surface area contributed by atoms with Crippen molar-refractivity contribution in [3.63, 3.8) is 0 Å². The Morgan fingerprint density at radius 3 is 2.44 bits per heavy atom. The van der Waals surface area contributed by atoms with Crippen LogP contribution < -0.4 is 0 Å². The van der Waals surface area contributed by atoms with Crippen LogP contribution in [0.1, 0.15) is 11.5 Å². The minimum absolute atomic E-state index is 0.0216. The van der Waals surface area contributed by atoms with E-state index < -0.39 is 0 Å². The third-order valence-corrected chi connectivity index (χ3v) is 3.19. The van der Waals surface area contributed by atoms with Crippen LogP contribution in [0.15, 0.2) is 34.9 Å². The molecule has 1 amide bonds. The zero-order chi connectivity index (χ0) is 13.5. The highest BCUT2D eigenvalue weighted by Crippen LogP contribution is 2.20. The van der Waals surface area contributed by atoms with Crippen LogP contribution in [0.3, 0.4) is 0 Å². The predicted octanol–water partition coefficient (Wildman–Crippen LogP) is 2.58. The summed E-state index contributed by atoms with van der Waals surface area (Å²) in [5, 5.41) is 0.538. The molecule has 0 N–H and O–H groups in total. The molecule has 0 spiro atoms. The van der Waals surface area contributed by atoms with Crippen molar-refractivity contribution in [1.29, 1.82) is 0 Å². The van der Waals surface area contributed by atoms with E-state index in [1.54, 1.807) is 17.1 Å². The second-order valence-corrected chi connectivity index (χ2v) is 4.71. The van der Waals surface area contributed by atoms with Crippen molar-refractivity contribution < 1.29 is 9.21 Å². The lowest BCUT2D eigenvalue weighted by Gasteiger charge is -2.18. The molecule has 1 aromatic rings. The van der Waals surface area contributed by atoms with Crippen molar-refractivity contribution in [3.8, 4) is 0 Å². The van der Waals surface area contributed by atoms with Gasteiger partial charge in [0.2, 0.25) is 5.91 Å². The van der Waals surface area contributed by atoms with E-state index >= 15 is 0 Å². The van der Waals surface area contributed by atoms with Crippen LogP contribution in [0.25, 0.3) is 0 Å². The molecule has 0 aliphatic carbocycles. The molecule has 4 nitrogen and oxygen atoms in total. The molecule has 0 unspecified atom stereocenters. The van der Waals surface area contributed by atoms with Gasteiger partial charge in [0.25, 0.3) is 5.22 Å². The Morgan fingerprint density at radius 1 is 1.39 bits per heavy atom. The van der Waals surface area contributed by atoms with E-state index in [1.165, 1.54) is 11.8 Å². The average Bonchev–Trinajstić information content (AvgIpc) is 2.65. The quantitative estimate of drug-likeness (QED) is 0.562. The fourth-order valence-electron chi connectivity index (χ4n) is 1.31. The van der Waals surface area contributed by atoms with Crippen LogP contribution in [-0.4, -0.2) is 34.6 Å². The molecule has 18 heavy (non-hydrogen) atoms. The SMILES string of the molecule is C=CCN(CC=C)C(=O)CSc1nc(C)c(C)o1. The number of aromatic nitrogens is 1. The Morgan fingerprint density at radius 2 is 2.00 bits per heavy atom. The molecule has 98 valence electrons. The van der Waals surface area contributed by atoms with E-state index in [0.29, 0.717) is 24.1 Å². The third kappa shape index (κ3) is 4.07. The lowest BCUT2D eigenvalue weighted by atomic mass is 10.4. The molecule has 0 atom stereocenters. The highest BCUT2D eigenvalue weighted by atomic mass is 32.2. The molecule has 0 radical (unpaired) electrons. The number of carbonyl (C=O) groups is 1. The number of oxazole rings is 1. The standard InChI is InChI=1S/C13H18N2O2S/c1-5-7-15(8-6-2)12(16)9-18-13-14-10(3)11(4)17-13/h5-6H,1-2,7-9H2,3-4H3. The monoisotopic (exact) mass is 266 g/mol. The van der Waals surface area contributed by atoms with Crippen molar-refractivity contribution in [2.45, 2.75) is 19.1 Å². The number of hydrogen-bond donors (Lipinski definition) is 0. The largest absolute Gasteiger partial charge is 0.437 e. The Kier molecular flexibility index (Phi) is 5.71. The first kappa shape index (κ1) is 14.6. The summed E-state index contributed by atoms with van der Waals surface area (Å²) < 4.78 is 5.41. The van der Waals surface area contributed by atoms with Gasteiger partial charge in [0, 0.05) is 13.1 Å². The molecule has 1 rings (SSSR count). The van der Waals surface area contributed by atoms with Crippen LogP contribution in [-0.2, 0) is 4.79 Å². The number of amides is 1. The summed E-state index contributed by atoms with van der Waals surface area (Å²) in [6, 6.07) is 0. The topological polar surface area (TPSA) is 46.3 Å². The number of nitrogens with zero attached hydrogens (tertiary/aromatic N) is 2. The van der Waals surface area contributed by atoms with Gasteiger partial charge in [0.05, 0.1) is 11.4 Å². The van der Waals surface area contributed by atoms with Crippen molar-refractivity contribution >= 4 is 17.7 Å². The van der Waals surface area contributed by atoms with Crippen molar-refractivity contribution in [2.75, 3.05) is 18.8 Å². The molecule has 1 aromatic heterocycles. The lowest BCUT2D eigenvalue weighted by molar-refractivity contribution is -0.127. The fourth-order valence-corrected chi connectivity index (χ4v) is 2.12. The molecule has 0 bridgehead atoms. The van der Waals surface area contributed by atoms with Gasteiger partial charge in [0.1, 0.15) is 5.76 Å². The van der Waals surface area contributed by atoms with Crippen LogP contribution in [0.2, 0.25) is 0 Å². The first-order valence-corrected chi connectivity index (χ1v) is 6.63. The third-order valence-electron chi connectivity index (χ3n) is 2.38. The average molecular weight is 266 g/mol. The van der Waals surface area contributed by atoms with E-state index in [1.807, 2.05) is 13.8 Å². The number of aryl methyl sites for hydroxylation is 2. The maximum Gasteiger partial charge on any atom is 0.256 e. The van der Waals surface area contributed by atoms with Gasteiger partial charge >= 0.3 is 0 Å².